The van der Waals surface area contributed by atoms with E-state index in [0.717, 1.165) is 31.7 Å². The van der Waals surface area contributed by atoms with Crippen LogP contribution < -0.4 is 5.32 Å². The van der Waals surface area contributed by atoms with E-state index in [1.165, 1.54) is 11.3 Å². The fourth-order valence-electron chi connectivity index (χ4n) is 2.06. The number of hydrogen-bond donors (Lipinski definition) is 1. The van der Waals surface area contributed by atoms with Crippen molar-refractivity contribution in [2.75, 3.05) is 20.6 Å². The summed E-state index contributed by atoms with van der Waals surface area (Å²) in [6.45, 7) is 8.87. The fourth-order valence-corrected chi connectivity index (χ4v) is 2.06. The van der Waals surface area contributed by atoms with E-state index < -0.39 is 0 Å². The summed E-state index contributed by atoms with van der Waals surface area (Å²) < 4.78 is 2.02. The zero-order valence-electron chi connectivity index (χ0n) is 12.8. The first kappa shape index (κ1) is 15.7. The second-order valence-electron chi connectivity index (χ2n) is 5.04. The number of aromatic nitrogens is 2. The van der Waals surface area contributed by atoms with E-state index in [4.69, 9.17) is 0 Å². The number of aryl methyl sites for hydroxylation is 2. The van der Waals surface area contributed by atoms with Crippen LogP contribution in [0.5, 0.6) is 0 Å². The predicted octanol–water partition coefficient (Wildman–Crippen LogP) is 1.48. The lowest BCUT2D eigenvalue weighted by molar-refractivity contribution is -0.128. The van der Waals surface area contributed by atoms with Gasteiger partial charge in [0, 0.05) is 44.9 Å². The highest BCUT2D eigenvalue weighted by atomic mass is 16.2. The Labute approximate surface area is 116 Å². The second-order valence-corrected chi connectivity index (χ2v) is 5.04. The molecule has 0 saturated carbocycles. The van der Waals surface area contributed by atoms with Gasteiger partial charge >= 0.3 is 0 Å². The molecule has 1 heterocycles. The summed E-state index contributed by atoms with van der Waals surface area (Å²) in [5, 5.41) is 7.89. The lowest BCUT2D eigenvalue weighted by Crippen LogP contribution is -2.21. The summed E-state index contributed by atoms with van der Waals surface area (Å²) >= 11 is 0. The lowest BCUT2D eigenvalue weighted by Gasteiger charge is -2.10. The predicted molar refractivity (Wildman–Crippen MR) is 77.0 cm³/mol. The Morgan fingerprint density at radius 2 is 2.05 bits per heavy atom. The van der Waals surface area contributed by atoms with Gasteiger partial charge in [-0.3, -0.25) is 9.48 Å². The molecule has 108 valence electrons. The average Bonchev–Trinajstić information content (AvgIpc) is 2.62. The van der Waals surface area contributed by atoms with Crippen molar-refractivity contribution in [3.05, 3.63) is 17.0 Å². The average molecular weight is 266 g/mol. The standard InChI is InChI=1S/C14H26N4O/c1-6-15-10-13-11(2)16-18(12(13)3)9-7-8-14(19)17(4)5/h15H,6-10H2,1-5H3. The van der Waals surface area contributed by atoms with Crippen molar-refractivity contribution in [1.29, 1.82) is 0 Å². The quantitative estimate of drug-likeness (QED) is 0.813. The molecule has 0 bridgehead atoms. The Morgan fingerprint density at radius 1 is 1.37 bits per heavy atom. The number of carbonyl (C=O) groups is 1. The molecule has 0 radical (unpaired) electrons. The zero-order chi connectivity index (χ0) is 14.4. The van der Waals surface area contributed by atoms with Crippen LogP contribution in [0.25, 0.3) is 0 Å². The van der Waals surface area contributed by atoms with Gasteiger partial charge in [-0.1, -0.05) is 6.92 Å². The Morgan fingerprint density at radius 3 is 2.63 bits per heavy atom. The maximum atomic E-state index is 11.5. The van der Waals surface area contributed by atoms with Gasteiger partial charge in [-0.2, -0.15) is 5.10 Å². The third-order valence-electron chi connectivity index (χ3n) is 3.34. The summed E-state index contributed by atoms with van der Waals surface area (Å²) in [5.41, 5.74) is 3.56. The third-order valence-corrected chi connectivity index (χ3v) is 3.34. The molecule has 0 fully saturated rings. The first-order valence-corrected chi connectivity index (χ1v) is 6.91. The minimum absolute atomic E-state index is 0.175. The molecular formula is C14H26N4O. The van der Waals surface area contributed by atoms with Crippen LogP contribution in [0.15, 0.2) is 0 Å². The van der Waals surface area contributed by atoms with E-state index >= 15 is 0 Å². The third kappa shape index (κ3) is 4.35. The van der Waals surface area contributed by atoms with Gasteiger partial charge in [0.15, 0.2) is 0 Å². The highest BCUT2D eigenvalue weighted by Gasteiger charge is 2.11. The van der Waals surface area contributed by atoms with Gasteiger partial charge in [-0.05, 0) is 26.8 Å². The van der Waals surface area contributed by atoms with Crippen LogP contribution in [0.2, 0.25) is 0 Å². The van der Waals surface area contributed by atoms with Crippen molar-refractivity contribution < 1.29 is 4.79 Å². The van der Waals surface area contributed by atoms with Crippen molar-refractivity contribution in [1.82, 2.24) is 20.0 Å². The Hall–Kier alpha value is -1.36. The highest BCUT2D eigenvalue weighted by molar-refractivity contribution is 5.75. The molecule has 0 saturated heterocycles. The Balaban J connectivity index is 2.57. The second kappa shape index (κ2) is 7.28. The smallest absolute Gasteiger partial charge is 0.222 e. The topological polar surface area (TPSA) is 50.2 Å². The molecule has 0 atom stereocenters. The van der Waals surface area contributed by atoms with Crippen molar-refractivity contribution in [3.63, 3.8) is 0 Å². The number of hydrogen-bond acceptors (Lipinski definition) is 3. The van der Waals surface area contributed by atoms with Crippen molar-refractivity contribution >= 4 is 5.91 Å². The van der Waals surface area contributed by atoms with Crippen molar-refractivity contribution in [2.45, 2.75) is 46.7 Å². The molecule has 0 aromatic carbocycles. The van der Waals surface area contributed by atoms with Crippen LogP contribution in [0.3, 0.4) is 0 Å². The van der Waals surface area contributed by atoms with Gasteiger partial charge in [0.2, 0.25) is 5.91 Å². The first-order valence-electron chi connectivity index (χ1n) is 6.91. The molecule has 0 aliphatic heterocycles. The summed E-state index contributed by atoms with van der Waals surface area (Å²) in [4.78, 5) is 13.2. The summed E-state index contributed by atoms with van der Waals surface area (Å²) in [6.07, 6.45) is 1.41. The first-order chi connectivity index (χ1) is 8.97. The number of amides is 1. The number of rotatable bonds is 7. The van der Waals surface area contributed by atoms with Crippen LogP contribution in [0.4, 0.5) is 0 Å². The van der Waals surface area contributed by atoms with E-state index in [9.17, 15) is 4.79 Å². The molecule has 19 heavy (non-hydrogen) atoms. The summed E-state index contributed by atoms with van der Waals surface area (Å²) in [6, 6.07) is 0. The van der Waals surface area contributed by atoms with Crippen LogP contribution >= 0.6 is 0 Å². The van der Waals surface area contributed by atoms with Crippen molar-refractivity contribution in [3.8, 4) is 0 Å². The van der Waals surface area contributed by atoms with Gasteiger partial charge in [-0.15, -0.1) is 0 Å². The highest BCUT2D eigenvalue weighted by Crippen LogP contribution is 2.13. The molecular weight excluding hydrogens is 240 g/mol. The Bertz CT molecular complexity index is 423. The SMILES string of the molecule is CCNCc1c(C)nn(CCCC(=O)N(C)C)c1C. The molecule has 1 amide bonds. The molecule has 0 spiro atoms. The van der Waals surface area contributed by atoms with Crippen LogP contribution in [0.1, 0.15) is 36.7 Å². The number of carbonyl (C=O) groups excluding carboxylic acids is 1. The number of nitrogens with zero attached hydrogens (tertiary/aromatic N) is 3. The molecule has 0 unspecified atom stereocenters. The maximum absolute atomic E-state index is 11.5. The van der Waals surface area contributed by atoms with Crippen LogP contribution in [-0.2, 0) is 17.9 Å². The van der Waals surface area contributed by atoms with E-state index in [0.29, 0.717) is 6.42 Å². The Kier molecular flexibility index (Phi) is 6.02. The monoisotopic (exact) mass is 266 g/mol. The van der Waals surface area contributed by atoms with Crippen molar-refractivity contribution in [2.24, 2.45) is 0 Å². The fraction of sp³-hybridized carbons (Fsp3) is 0.714. The molecule has 5 heteroatoms. The normalized spacial score (nSPS) is 10.8. The van der Waals surface area contributed by atoms with E-state index in [-0.39, 0.29) is 5.91 Å². The zero-order valence-corrected chi connectivity index (χ0v) is 12.8. The van der Waals surface area contributed by atoms with E-state index in [1.54, 1.807) is 19.0 Å². The molecule has 1 N–H and O–H groups in total. The van der Waals surface area contributed by atoms with Gasteiger partial charge in [0.1, 0.15) is 0 Å². The lowest BCUT2D eigenvalue weighted by atomic mass is 10.2. The summed E-state index contributed by atoms with van der Waals surface area (Å²) in [7, 11) is 3.58. The molecule has 5 nitrogen and oxygen atoms in total. The van der Waals surface area contributed by atoms with Gasteiger partial charge in [0.05, 0.1) is 5.69 Å². The van der Waals surface area contributed by atoms with Gasteiger partial charge in [0.25, 0.3) is 0 Å². The number of nitrogens with one attached hydrogen (secondary N) is 1. The largest absolute Gasteiger partial charge is 0.349 e. The minimum Gasteiger partial charge on any atom is -0.349 e. The molecule has 0 aliphatic carbocycles. The maximum Gasteiger partial charge on any atom is 0.222 e. The minimum atomic E-state index is 0.175. The molecule has 0 aliphatic rings. The van der Waals surface area contributed by atoms with E-state index in [2.05, 4.69) is 24.3 Å². The van der Waals surface area contributed by atoms with Crippen LogP contribution in [0, 0.1) is 13.8 Å². The molecule has 1 aromatic heterocycles. The van der Waals surface area contributed by atoms with Gasteiger partial charge in [-0.25, -0.2) is 0 Å². The van der Waals surface area contributed by atoms with E-state index in [1.807, 2.05) is 11.6 Å². The van der Waals surface area contributed by atoms with Gasteiger partial charge < -0.3 is 10.2 Å². The summed E-state index contributed by atoms with van der Waals surface area (Å²) in [5.74, 6) is 0.175. The van der Waals surface area contributed by atoms with Crippen LogP contribution in [-0.4, -0.2) is 41.2 Å². The molecule has 1 aromatic rings. The molecule has 1 rings (SSSR count).